The molecule has 3 N–H and O–H groups in total. The fourth-order valence-corrected chi connectivity index (χ4v) is 1.89. The third-order valence-electron chi connectivity index (χ3n) is 1.24. The molecule has 0 aliphatic rings. The van der Waals surface area contributed by atoms with Gasteiger partial charge < -0.3 is 0 Å². The van der Waals surface area contributed by atoms with Gasteiger partial charge in [-0.3, -0.25) is 5.84 Å². The molecule has 1 aromatic heterocycles. The van der Waals surface area contributed by atoms with Gasteiger partial charge in [-0.25, -0.2) is 5.43 Å². The largest absolute Gasteiger partial charge is 0.270 e. The zero-order valence-corrected chi connectivity index (χ0v) is 7.25. The van der Waals surface area contributed by atoms with Gasteiger partial charge in [0.05, 0.1) is 9.90 Å². The lowest BCUT2D eigenvalue weighted by atomic mass is 10.3. The fraction of sp³-hybridized carbons (Fsp3) is 0.143. The van der Waals surface area contributed by atoms with Crippen LogP contribution >= 0.6 is 22.9 Å². The molecule has 0 aliphatic heterocycles. The van der Waals surface area contributed by atoms with Gasteiger partial charge in [-0.15, -0.1) is 17.8 Å². The van der Waals surface area contributed by atoms with Gasteiger partial charge in [-0.1, -0.05) is 17.5 Å². The normalized spacial score (nSPS) is 12.5. The molecule has 0 saturated carbocycles. The van der Waals surface area contributed by atoms with E-state index in [4.69, 9.17) is 23.9 Å². The summed E-state index contributed by atoms with van der Waals surface area (Å²) >= 11 is 7.30. The molecule has 11 heavy (non-hydrogen) atoms. The lowest BCUT2D eigenvalue weighted by Gasteiger charge is -2.05. The summed E-state index contributed by atoms with van der Waals surface area (Å²) in [5, 5.41) is 2.54. The van der Waals surface area contributed by atoms with Gasteiger partial charge in [0.2, 0.25) is 0 Å². The summed E-state index contributed by atoms with van der Waals surface area (Å²) < 4.78 is 0. The van der Waals surface area contributed by atoms with Crippen molar-refractivity contribution in [3.63, 3.8) is 0 Å². The van der Waals surface area contributed by atoms with Crippen LogP contribution in [-0.4, -0.2) is 0 Å². The Labute approximate surface area is 74.3 Å². The molecule has 1 atom stereocenters. The summed E-state index contributed by atoms with van der Waals surface area (Å²) in [6.07, 6.45) is 5.20. The first-order chi connectivity index (χ1) is 5.29. The van der Waals surface area contributed by atoms with E-state index in [0.717, 1.165) is 4.88 Å². The molecule has 0 fully saturated rings. The van der Waals surface area contributed by atoms with Crippen molar-refractivity contribution in [2.75, 3.05) is 0 Å². The van der Waals surface area contributed by atoms with E-state index in [0.29, 0.717) is 5.02 Å². The van der Waals surface area contributed by atoms with E-state index in [2.05, 4.69) is 11.3 Å². The molecular formula is C7H7ClN2S. The highest BCUT2D eigenvalue weighted by molar-refractivity contribution is 7.10. The van der Waals surface area contributed by atoms with Crippen LogP contribution in [0.15, 0.2) is 11.4 Å². The summed E-state index contributed by atoms with van der Waals surface area (Å²) in [6, 6.07) is 1.52. The minimum atomic E-state index is -0.275. The number of terminal acetylenes is 1. The highest BCUT2D eigenvalue weighted by atomic mass is 35.5. The van der Waals surface area contributed by atoms with Crippen LogP contribution in [0.4, 0.5) is 0 Å². The summed E-state index contributed by atoms with van der Waals surface area (Å²) in [4.78, 5) is 0.886. The SMILES string of the molecule is C#CC(NN)c1sccc1Cl. The van der Waals surface area contributed by atoms with Crippen LogP contribution in [0.2, 0.25) is 5.02 Å². The van der Waals surface area contributed by atoms with Crippen molar-refractivity contribution >= 4 is 22.9 Å². The molecule has 2 nitrogen and oxygen atoms in total. The van der Waals surface area contributed by atoms with Crippen molar-refractivity contribution in [3.8, 4) is 12.3 Å². The van der Waals surface area contributed by atoms with Crippen LogP contribution in [0.5, 0.6) is 0 Å². The van der Waals surface area contributed by atoms with Crippen molar-refractivity contribution in [1.29, 1.82) is 0 Å². The topological polar surface area (TPSA) is 38.0 Å². The van der Waals surface area contributed by atoms with Crippen molar-refractivity contribution < 1.29 is 0 Å². The Bertz CT molecular complexity index is 276. The number of hydrogen-bond acceptors (Lipinski definition) is 3. The molecule has 0 bridgehead atoms. The van der Waals surface area contributed by atoms with Crippen LogP contribution in [0.25, 0.3) is 0 Å². The predicted octanol–water partition coefficient (Wildman–Crippen LogP) is 1.54. The van der Waals surface area contributed by atoms with Gasteiger partial charge in [-0.2, -0.15) is 0 Å². The highest BCUT2D eigenvalue weighted by Crippen LogP contribution is 2.27. The quantitative estimate of drug-likeness (QED) is 0.418. The van der Waals surface area contributed by atoms with Gasteiger partial charge >= 0.3 is 0 Å². The van der Waals surface area contributed by atoms with E-state index >= 15 is 0 Å². The predicted molar refractivity (Wildman–Crippen MR) is 48.2 cm³/mol. The standard InChI is InChI=1S/C7H7ClN2S/c1-2-6(10-9)7-5(8)3-4-11-7/h1,3-4,6,10H,9H2. The average Bonchev–Trinajstić information content (AvgIpc) is 2.40. The molecule has 0 spiro atoms. The Hall–Kier alpha value is -0.530. The maximum absolute atomic E-state index is 5.81. The summed E-state index contributed by atoms with van der Waals surface area (Å²) in [5.41, 5.74) is 2.48. The molecule has 0 amide bonds. The van der Waals surface area contributed by atoms with Gasteiger partial charge in [0.1, 0.15) is 6.04 Å². The number of nitrogens with two attached hydrogens (primary N) is 1. The molecule has 0 radical (unpaired) electrons. The Morgan fingerprint density at radius 1 is 1.82 bits per heavy atom. The second-order valence-electron chi connectivity index (χ2n) is 1.90. The van der Waals surface area contributed by atoms with Crippen molar-refractivity contribution in [1.82, 2.24) is 5.43 Å². The summed E-state index contributed by atoms with van der Waals surface area (Å²) in [5.74, 6) is 7.68. The molecule has 1 rings (SSSR count). The van der Waals surface area contributed by atoms with Gasteiger partial charge in [-0.05, 0) is 11.4 Å². The molecule has 58 valence electrons. The van der Waals surface area contributed by atoms with Crippen LogP contribution in [0.3, 0.4) is 0 Å². The summed E-state index contributed by atoms with van der Waals surface area (Å²) in [6.45, 7) is 0. The summed E-state index contributed by atoms with van der Waals surface area (Å²) in [7, 11) is 0. The molecular weight excluding hydrogens is 180 g/mol. The minimum Gasteiger partial charge on any atom is -0.270 e. The van der Waals surface area contributed by atoms with Crippen LogP contribution in [0.1, 0.15) is 10.9 Å². The average molecular weight is 187 g/mol. The molecule has 1 unspecified atom stereocenters. The molecule has 0 saturated heterocycles. The van der Waals surface area contributed by atoms with Crippen LogP contribution < -0.4 is 11.3 Å². The first-order valence-corrected chi connectivity index (χ1v) is 4.20. The van der Waals surface area contributed by atoms with E-state index in [1.807, 2.05) is 5.38 Å². The van der Waals surface area contributed by atoms with Gasteiger partial charge in [0.15, 0.2) is 0 Å². The highest BCUT2D eigenvalue weighted by Gasteiger charge is 2.10. The van der Waals surface area contributed by atoms with E-state index in [-0.39, 0.29) is 6.04 Å². The number of nitrogens with one attached hydrogen (secondary N) is 1. The second-order valence-corrected chi connectivity index (χ2v) is 3.25. The molecule has 0 aromatic carbocycles. The van der Waals surface area contributed by atoms with E-state index < -0.39 is 0 Å². The molecule has 1 heterocycles. The zero-order valence-electron chi connectivity index (χ0n) is 5.67. The number of halogens is 1. The number of hydrazine groups is 1. The molecule has 4 heteroatoms. The molecule has 1 aromatic rings. The van der Waals surface area contributed by atoms with Crippen LogP contribution in [0, 0.1) is 12.3 Å². The van der Waals surface area contributed by atoms with E-state index in [1.54, 1.807) is 6.07 Å². The van der Waals surface area contributed by atoms with Crippen molar-refractivity contribution in [3.05, 3.63) is 21.3 Å². The maximum atomic E-state index is 5.81. The fourth-order valence-electron chi connectivity index (χ4n) is 0.711. The van der Waals surface area contributed by atoms with Crippen LogP contribution in [-0.2, 0) is 0 Å². The third-order valence-corrected chi connectivity index (χ3v) is 2.66. The minimum absolute atomic E-state index is 0.275. The van der Waals surface area contributed by atoms with Crippen molar-refractivity contribution in [2.45, 2.75) is 6.04 Å². The maximum Gasteiger partial charge on any atom is 0.117 e. The monoisotopic (exact) mass is 186 g/mol. The first-order valence-electron chi connectivity index (χ1n) is 2.94. The Morgan fingerprint density at radius 2 is 2.55 bits per heavy atom. The van der Waals surface area contributed by atoms with Crippen molar-refractivity contribution in [2.24, 2.45) is 5.84 Å². The van der Waals surface area contributed by atoms with E-state index in [9.17, 15) is 0 Å². The number of rotatable bonds is 2. The number of hydrogen-bond donors (Lipinski definition) is 2. The third kappa shape index (κ3) is 1.73. The lowest BCUT2D eigenvalue weighted by Crippen LogP contribution is -2.26. The Balaban J connectivity index is 2.92. The Morgan fingerprint density at radius 3 is 2.91 bits per heavy atom. The van der Waals surface area contributed by atoms with Gasteiger partial charge in [0, 0.05) is 0 Å². The zero-order chi connectivity index (χ0) is 8.27. The number of thiophene rings is 1. The molecule has 0 aliphatic carbocycles. The lowest BCUT2D eigenvalue weighted by molar-refractivity contribution is 0.684. The smallest absolute Gasteiger partial charge is 0.117 e. The second kappa shape index (κ2) is 3.74. The van der Waals surface area contributed by atoms with E-state index in [1.165, 1.54) is 11.3 Å². The van der Waals surface area contributed by atoms with Gasteiger partial charge in [0.25, 0.3) is 0 Å². The Kier molecular flexibility index (Phi) is 2.92. The first kappa shape index (κ1) is 8.57.